The van der Waals surface area contributed by atoms with Crippen LogP contribution in [0, 0.1) is 18.7 Å². The van der Waals surface area contributed by atoms with Gasteiger partial charge in [0.2, 0.25) is 0 Å². The highest BCUT2D eigenvalue weighted by molar-refractivity contribution is 6.00. The predicted molar refractivity (Wildman–Crippen MR) is 156 cm³/mol. The fraction of sp³-hybridized carbons (Fsp3) is 0.344. The minimum Gasteiger partial charge on any atom is -0.497 e. The molecule has 1 aliphatic heterocycles. The SMILES string of the molecule is COCCNC(=O)c1ccc2nn(CC3CCN(C(=O)c4ccc(-c5ccc(OC)cc5)cc4F)CC3)cc2c1C. The standard InChI is InChI=1S/C32H35FN4O4/c1-21-26(31(38)34-14-17-40-2)10-11-30-28(21)20-37(35-30)19-22-12-15-36(16-13-22)32(39)27-9-6-24(18-29(27)33)23-4-7-25(41-3)8-5-23/h4-11,18,20,22H,12-17,19H2,1-3H3,(H,34,38). The Morgan fingerprint density at radius 2 is 1.71 bits per heavy atom. The Balaban J connectivity index is 1.19. The number of fused-ring (bicyclic) bond motifs is 1. The van der Waals surface area contributed by atoms with Gasteiger partial charge >= 0.3 is 0 Å². The molecule has 1 N–H and O–H groups in total. The van der Waals surface area contributed by atoms with E-state index in [2.05, 4.69) is 5.32 Å². The van der Waals surface area contributed by atoms with Crippen molar-refractivity contribution in [3.63, 3.8) is 0 Å². The molecule has 0 aliphatic carbocycles. The lowest BCUT2D eigenvalue weighted by Gasteiger charge is -2.32. The Labute approximate surface area is 239 Å². The quantitative estimate of drug-likeness (QED) is 0.290. The molecule has 1 aliphatic rings. The zero-order valence-corrected chi connectivity index (χ0v) is 23.7. The Bertz CT molecular complexity index is 1540. The van der Waals surface area contributed by atoms with E-state index in [9.17, 15) is 9.59 Å². The van der Waals surface area contributed by atoms with Gasteiger partial charge in [-0.05, 0) is 78.8 Å². The summed E-state index contributed by atoms with van der Waals surface area (Å²) in [6.45, 7) is 4.70. The van der Waals surface area contributed by atoms with Gasteiger partial charge in [-0.15, -0.1) is 0 Å². The summed E-state index contributed by atoms with van der Waals surface area (Å²) in [7, 11) is 3.20. The van der Waals surface area contributed by atoms with Crippen LogP contribution < -0.4 is 10.1 Å². The average molecular weight is 559 g/mol. The van der Waals surface area contributed by atoms with Crippen LogP contribution in [0.3, 0.4) is 0 Å². The number of carbonyl (C=O) groups is 2. The van der Waals surface area contributed by atoms with Gasteiger partial charge in [-0.3, -0.25) is 14.3 Å². The number of piperidine rings is 1. The summed E-state index contributed by atoms with van der Waals surface area (Å²) in [6, 6.07) is 15.8. The van der Waals surface area contributed by atoms with Crippen LogP contribution in [0.25, 0.3) is 22.0 Å². The van der Waals surface area contributed by atoms with E-state index in [4.69, 9.17) is 14.6 Å². The number of aryl methyl sites for hydroxylation is 1. The largest absolute Gasteiger partial charge is 0.497 e. The second-order valence-corrected chi connectivity index (χ2v) is 10.4. The first-order chi connectivity index (χ1) is 19.9. The highest BCUT2D eigenvalue weighted by Crippen LogP contribution is 2.27. The second kappa shape index (κ2) is 12.5. The maximum Gasteiger partial charge on any atom is 0.256 e. The van der Waals surface area contributed by atoms with E-state index in [1.54, 1.807) is 31.3 Å². The van der Waals surface area contributed by atoms with Gasteiger partial charge in [0.1, 0.15) is 11.6 Å². The summed E-state index contributed by atoms with van der Waals surface area (Å²) in [5.41, 5.74) is 4.02. The van der Waals surface area contributed by atoms with Crippen molar-refractivity contribution in [2.75, 3.05) is 40.5 Å². The molecule has 1 saturated heterocycles. The number of aromatic nitrogens is 2. The molecule has 214 valence electrons. The Morgan fingerprint density at radius 3 is 2.39 bits per heavy atom. The molecule has 5 rings (SSSR count). The summed E-state index contributed by atoms with van der Waals surface area (Å²) >= 11 is 0. The third-order valence-electron chi connectivity index (χ3n) is 7.81. The number of rotatable bonds is 9. The van der Waals surface area contributed by atoms with Gasteiger partial charge in [-0.2, -0.15) is 5.10 Å². The van der Waals surface area contributed by atoms with Crippen molar-refractivity contribution in [3.8, 4) is 16.9 Å². The number of benzene rings is 3. The minimum absolute atomic E-state index is 0.0940. The zero-order chi connectivity index (χ0) is 28.9. The number of hydrogen-bond acceptors (Lipinski definition) is 5. The van der Waals surface area contributed by atoms with Crippen LogP contribution in [0.15, 0.2) is 60.8 Å². The lowest BCUT2D eigenvalue weighted by atomic mass is 9.96. The summed E-state index contributed by atoms with van der Waals surface area (Å²) < 4.78 is 27.2. The minimum atomic E-state index is -0.518. The topological polar surface area (TPSA) is 85.7 Å². The van der Waals surface area contributed by atoms with Crippen LogP contribution >= 0.6 is 0 Å². The Morgan fingerprint density at radius 1 is 1.00 bits per heavy atom. The molecule has 1 fully saturated rings. The highest BCUT2D eigenvalue weighted by Gasteiger charge is 2.26. The highest BCUT2D eigenvalue weighted by atomic mass is 19.1. The molecule has 0 spiro atoms. The number of methoxy groups -OCH3 is 2. The van der Waals surface area contributed by atoms with Crippen molar-refractivity contribution in [3.05, 3.63) is 83.3 Å². The Kier molecular flexibility index (Phi) is 8.64. The van der Waals surface area contributed by atoms with Crippen molar-refractivity contribution >= 4 is 22.7 Å². The Hall–Kier alpha value is -4.24. The van der Waals surface area contributed by atoms with Crippen LogP contribution in [0.4, 0.5) is 4.39 Å². The molecule has 1 aromatic heterocycles. The van der Waals surface area contributed by atoms with E-state index >= 15 is 4.39 Å². The molecule has 0 atom stereocenters. The molecule has 4 aromatic rings. The first-order valence-corrected chi connectivity index (χ1v) is 13.8. The number of hydrogen-bond donors (Lipinski definition) is 1. The van der Waals surface area contributed by atoms with Crippen LogP contribution in [0.1, 0.15) is 39.1 Å². The normalized spacial score (nSPS) is 13.9. The fourth-order valence-corrected chi connectivity index (χ4v) is 5.39. The predicted octanol–water partition coefficient (Wildman–Crippen LogP) is 5.09. The third kappa shape index (κ3) is 6.25. The first-order valence-electron chi connectivity index (χ1n) is 13.8. The van der Waals surface area contributed by atoms with Gasteiger partial charge < -0.3 is 19.7 Å². The second-order valence-electron chi connectivity index (χ2n) is 10.4. The zero-order valence-electron chi connectivity index (χ0n) is 23.7. The molecule has 0 saturated carbocycles. The third-order valence-corrected chi connectivity index (χ3v) is 7.81. The van der Waals surface area contributed by atoms with E-state index in [1.165, 1.54) is 6.07 Å². The summed E-state index contributed by atoms with van der Waals surface area (Å²) in [5, 5.41) is 8.55. The molecule has 0 bridgehead atoms. The molecule has 9 heteroatoms. The van der Waals surface area contributed by atoms with Gasteiger partial charge in [-0.1, -0.05) is 18.2 Å². The average Bonchev–Trinajstić information content (AvgIpc) is 3.41. The van der Waals surface area contributed by atoms with Crippen molar-refractivity contribution < 1.29 is 23.5 Å². The molecular weight excluding hydrogens is 523 g/mol. The number of ether oxygens (including phenoxy) is 2. The van der Waals surface area contributed by atoms with Gasteiger partial charge in [0.25, 0.3) is 11.8 Å². The summed E-state index contributed by atoms with van der Waals surface area (Å²) in [6.07, 6.45) is 3.60. The number of amides is 2. The van der Waals surface area contributed by atoms with E-state index in [0.29, 0.717) is 43.3 Å². The first kappa shape index (κ1) is 28.3. The molecule has 2 heterocycles. The van der Waals surface area contributed by atoms with Gasteiger partial charge in [0.05, 0.1) is 24.8 Å². The molecule has 2 amide bonds. The van der Waals surface area contributed by atoms with E-state index in [0.717, 1.165) is 47.2 Å². The number of likely N-dealkylation sites (tertiary alicyclic amines) is 1. The number of nitrogens with zero attached hydrogens (tertiary/aromatic N) is 3. The maximum atomic E-state index is 15.0. The number of halogens is 1. The van der Waals surface area contributed by atoms with Crippen LogP contribution in [-0.4, -0.2) is 67.0 Å². The van der Waals surface area contributed by atoms with Gasteiger partial charge in [0.15, 0.2) is 0 Å². The monoisotopic (exact) mass is 558 g/mol. The molecule has 0 radical (unpaired) electrons. The molecule has 0 unspecified atom stereocenters. The van der Waals surface area contributed by atoms with Crippen molar-refractivity contribution in [1.29, 1.82) is 0 Å². The van der Waals surface area contributed by atoms with Crippen molar-refractivity contribution in [2.24, 2.45) is 5.92 Å². The van der Waals surface area contributed by atoms with Crippen molar-refractivity contribution in [2.45, 2.75) is 26.3 Å². The summed E-state index contributed by atoms with van der Waals surface area (Å²) in [5.74, 6) is 0.147. The lowest BCUT2D eigenvalue weighted by molar-refractivity contribution is 0.0676. The van der Waals surface area contributed by atoms with Crippen LogP contribution in [0.5, 0.6) is 5.75 Å². The molecule has 3 aromatic carbocycles. The van der Waals surface area contributed by atoms with Gasteiger partial charge in [-0.25, -0.2) is 4.39 Å². The van der Waals surface area contributed by atoms with Gasteiger partial charge in [0, 0.05) is 50.4 Å². The van der Waals surface area contributed by atoms with Crippen LogP contribution in [-0.2, 0) is 11.3 Å². The fourth-order valence-electron chi connectivity index (χ4n) is 5.39. The van der Waals surface area contributed by atoms with E-state index in [-0.39, 0.29) is 17.4 Å². The van der Waals surface area contributed by atoms with E-state index in [1.807, 2.05) is 54.2 Å². The maximum absolute atomic E-state index is 15.0. The molecule has 8 nitrogen and oxygen atoms in total. The molecule has 41 heavy (non-hydrogen) atoms. The number of nitrogens with one attached hydrogen (secondary N) is 1. The van der Waals surface area contributed by atoms with E-state index < -0.39 is 5.82 Å². The molecular formula is C32H35FN4O4. The smallest absolute Gasteiger partial charge is 0.256 e. The van der Waals surface area contributed by atoms with Crippen LogP contribution in [0.2, 0.25) is 0 Å². The lowest BCUT2D eigenvalue weighted by Crippen LogP contribution is -2.39. The van der Waals surface area contributed by atoms with Crippen molar-refractivity contribution in [1.82, 2.24) is 20.0 Å². The number of carbonyl (C=O) groups excluding carboxylic acids is 2. The summed E-state index contributed by atoms with van der Waals surface area (Å²) in [4.78, 5) is 27.5.